The van der Waals surface area contributed by atoms with Crippen LogP contribution in [-0.2, 0) is 16.6 Å². The summed E-state index contributed by atoms with van der Waals surface area (Å²) in [5.41, 5.74) is 0.212. The highest BCUT2D eigenvalue weighted by atomic mass is 32.2. The van der Waals surface area contributed by atoms with Crippen LogP contribution in [0.5, 0.6) is 0 Å². The number of aromatic nitrogens is 2. The molecule has 0 fully saturated rings. The van der Waals surface area contributed by atoms with Crippen LogP contribution in [-0.4, -0.2) is 24.3 Å². The largest absolute Gasteiger partial charge is 0.347 e. The minimum atomic E-state index is -3.79. The van der Waals surface area contributed by atoms with Gasteiger partial charge in [-0.25, -0.2) is 18.5 Å². The lowest BCUT2D eigenvalue weighted by Gasteiger charge is -2.06. The number of rotatable bonds is 4. The first kappa shape index (κ1) is 14.9. The molecule has 8 nitrogen and oxygen atoms in total. The molecule has 1 amide bonds. The van der Waals surface area contributed by atoms with E-state index in [4.69, 9.17) is 5.14 Å². The van der Waals surface area contributed by atoms with Crippen molar-refractivity contribution in [3.8, 4) is 0 Å². The Balaban J connectivity index is 2.08. The van der Waals surface area contributed by atoms with Crippen LogP contribution in [0.25, 0.3) is 0 Å². The van der Waals surface area contributed by atoms with E-state index in [1.165, 1.54) is 24.4 Å². The van der Waals surface area contributed by atoms with E-state index in [2.05, 4.69) is 15.3 Å². The van der Waals surface area contributed by atoms with Gasteiger partial charge in [-0.15, -0.1) is 0 Å². The Hall–Kier alpha value is -2.52. The molecule has 2 aromatic rings. The van der Waals surface area contributed by atoms with Gasteiger partial charge < -0.3 is 10.3 Å². The average Bonchev–Trinajstić information content (AvgIpc) is 2.45. The summed E-state index contributed by atoms with van der Waals surface area (Å²) in [5, 5.41) is 7.58. The molecule has 0 saturated carbocycles. The molecule has 0 aliphatic rings. The molecule has 21 heavy (non-hydrogen) atoms. The minimum absolute atomic E-state index is 0.0311. The van der Waals surface area contributed by atoms with Crippen molar-refractivity contribution in [3.63, 3.8) is 0 Å². The lowest BCUT2D eigenvalue weighted by molar-refractivity contribution is 0.0945. The van der Waals surface area contributed by atoms with Crippen LogP contribution in [0, 0.1) is 0 Å². The molecule has 9 heteroatoms. The van der Waals surface area contributed by atoms with Gasteiger partial charge in [0.05, 0.1) is 11.1 Å². The second-order valence-electron chi connectivity index (χ2n) is 4.17. The Morgan fingerprint density at radius 1 is 1.38 bits per heavy atom. The van der Waals surface area contributed by atoms with Crippen LogP contribution < -0.4 is 16.0 Å². The smallest absolute Gasteiger partial charge is 0.271 e. The molecule has 0 aliphatic carbocycles. The number of amides is 1. The number of nitrogens with one attached hydrogen (secondary N) is 2. The van der Waals surface area contributed by atoms with Crippen molar-refractivity contribution >= 4 is 15.9 Å². The van der Waals surface area contributed by atoms with E-state index in [0.717, 1.165) is 6.20 Å². The maximum Gasteiger partial charge on any atom is 0.271 e. The quantitative estimate of drug-likeness (QED) is 0.689. The predicted octanol–water partition coefficient (Wildman–Crippen LogP) is -0.653. The Labute approximate surface area is 120 Å². The Morgan fingerprint density at radius 2 is 2.14 bits per heavy atom. The van der Waals surface area contributed by atoms with Crippen molar-refractivity contribution < 1.29 is 13.2 Å². The van der Waals surface area contributed by atoms with Crippen molar-refractivity contribution in [2.45, 2.75) is 11.4 Å². The molecule has 0 atom stereocenters. The number of H-pyrrole nitrogens is 1. The molecule has 0 unspecified atom stereocenters. The van der Waals surface area contributed by atoms with E-state index in [0.29, 0.717) is 5.56 Å². The summed E-state index contributed by atoms with van der Waals surface area (Å²) in [6.45, 7) is 0.100. The molecule has 0 saturated heterocycles. The van der Waals surface area contributed by atoms with Crippen molar-refractivity contribution in [2.75, 3.05) is 0 Å². The van der Waals surface area contributed by atoms with Crippen molar-refractivity contribution in [2.24, 2.45) is 5.14 Å². The highest BCUT2D eigenvalue weighted by molar-refractivity contribution is 7.89. The van der Waals surface area contributed by atoms with Gasteiger partial charge in [-0.1, -0.05) is 12.1 Å². The zero-order valence-electron chi connectivity index (χ0n) is 10.7. The van der Waals surface area contributed by atoms with Gasteiger partial charge in [0, 0.05) is 12.7 Å². The summed E-state index contributed by atoms with van der Waals surface area (Å²) in [7, 11) is -3.79. The van der Waals surface area contributed by atoms with Crippen LogP contribution >= 0.6 is 0 Å². The third-order valence-corrected chi connectivity index (χ3v) is 3.50. The van der Waals surface area contributed by atoms with E-state index in [9.17, 15) is 18.0 Å². The number of carbonyl (C=O) groups is 1. The maximum atomic E-state index is 11.8. The third-order valence-electron chi connectivity index (χ3n) is 2.58. The molecule has 4 N–H and O–H groups in total. The molecule has 1 aromatic carbocycles. The first-order valence-electron chi connectivity index (χ1n) is 5.81. The average molecular weight is 308 g/mol. The lowest BCUT2D eigenvalue weighted by atomic mass is 10.2. The zero-order valence-corrected chi connectivity index (χ0v) is 11.6. The van der Waals surface area contributed by atoms with Crippen LogP contribution in [0.1, 0.15) is 16.1 Å². The molecular weight excluding hydrogens is 296 g/mol. The lowest BCUT2D eigenvalue weighted by Crippen LogP contribution is -2.25. The molecule has 0 radical (unpaired) electrons. The van der Waals surface area contributed by atoms with Gasteiger partial charge in [-0.05, 0) is 17.7 Å². The third kappa shape index (κ3) is 3.97. The van der Waals surface area contributed by atoms with Crippen LogP contribution in [0.15, 0.2) is 46.3 Å². The summed E-state index contributed by atoms with van der Waals surface area (Å²) in [6, 6.07) is 5.91. The highest BCUT2D eigenvalue weighted by Gasteiger charge is 2.10. The molecule has 0 aliphatic heterocycles. The maximum absolute atomic E-state index is 11.8. The van der Waals surface area contributed by atoms with E-state index in [-0.39, 0.29) is 17.1 Å². The van der Waals surface area contributed by atoms with E-state index in [1.54, 1.807) is 6.07 Å². The monoisotopic (exact) mass is 308 g/mol. The van der Waals surface area contributed by atoms with Gasteiger partial charge in [-0.2, -0.15) is 0 Å². The van der Waals surface area contributed by atoms with Crippen molar-refractivity contribution in [3.05, 3.63) is 58.3 Å². The topological polar surface area (TPSA) is 135 Å². The number of nitrogens with two attached hydrogens (primary N) is 1. The van der Waals surface area contributed by atoms with Gasteiger partial charge in [0.2, 0.25) is 10.0 Å². The fraction of sp³-hybridized carbons (Fsp3) is 0.0833. The second kappa shape index (κ2) is 5.85. The standard InChI is InChI=1S/C12H12N4O4S/c13-21(19,20)9-3-1-2-8(4-9)5-16-12(18)10-6-15-11(17)7-14-10/h1-4,6-7H,5H2,(H,15,17)(H,16,18)(H2,13,19,20). The number of hydrogen-bond donors (Lipinski definition) is 3. The number of sulfonamides is 1. The number of nitrogens with zero attached hydrogens (tertiary/aromatic N) is 1. The van der Waals surface area contributed by atoms with Gasteiger partial charge >= 0.3 is 0 Å². The predicted molar refractivity (Wildman–Crippen MR) is 73.8 cm³/mol. The molecular formula is C12H12N4O4S. The van der Waals surface area contributed by atoms with Crippen LogP contribution in [0.4, 0.5) is 0 Å². The van der Waals surface area contributed by atoms with E-state index in [1.807, 2.05) is 0 Å². The zero-order chi connectivity index (χ0) is 15.5. The number of aromatic amines is 1. The normalized spacial score (nSPS) is 11.1. The first-order chi connectivity index (χ1) is 9.86. The number of hydrogen-bond acceptors (Lipinski definition) is 5. The fourth-order valence-electron chi connectivity index (χ4n) is 1.57. The molecule has 110 valence electrons. The van der Waals surface area contributed by atoms with Gasteiger partial charge in [0.1, 0.15) is 5.69 Å². The van der Waals surface area contributed by atoms with Crippen LogP contribution in [0.2, 0.25) is 0 Å². The Bertz CT molecular complexity index is 809. The molecule has 1 heterocycles. The highest BCUT2D eigenvalue weighted by Crippen LogP contribution is 2.09. The van der Waals surface area contributed by atoms with Crippen molar-refractivity contribution in [1.82, 2.24) is 15.3 Å². The number of benzene rings is 1. The fourth-order valence-corrected chi connectivity index (χ4v) is 2.16. The van der Waals surface area contributed by atoms with Gasteiger partial charge in [0.25, 0.3) is 11.5 Å². The minimum Gasteiger partial charge on any atom is -0.347 e. The van der Waals surface area contributed by atoms with Gasteiger partial charge in [0.15, 0.2) is 0 Å². The number of carbonyl (C=O) groups excluding carboxylic acids is 1. The summed E-state index contributed by atoms with van der Waals surface area (Å²) < 4.78 is 22.4. The van der Waals surface area contributed by atoms with E-state index < -0.39 is 21.5 Å². The Kier molecular flexibility index (Phi) is 4.15. The molecule has 0 bridgehead atoms. The van der Waals surface area contributed by atoms with Crippen LogP contribution in [0.3, 0.4) is 0 Å². The summed E-state index contributed by atoms with van der Waals surface area (Å²) in [6.07, 6.45) is 2.19. The summed E-state index contributed by atoms with van der Waals surface area (Å²) in [5.74, 6) is -0.493. The summed E-state index contributed by atoms with van der Waals surface area (Å²) >= 11 is 0. The SMILES string of the molecule is NS(=O)(=O)c1cccc(CNC(=O)c2c[nH]c(=O)cn2)c1. The molecule has 0 spiro atoms. The molecule has 1 aromatic heterocycles. The summed E-state index contributed by atoms with van der Waals surface area (Å²) in [4.78, 5) is 28.6. The van der Waals surface area contributed by atoms with E-state index >= 15 is 0 Å². The molecule has 2 rings (SSSR count). The number of primary sulfonamides is 1. The second-order valence-corrected chi connectivity index (χ2v) is 5.73. The van der Waals surface area contributed by atoms with Gasteiger partial charge in [-0.3, -0.25) is 9.59 Å². The van der Waals surface area contributed by atoms with Crippen molar-refractivity contribution in [1.29, 1.82) is 0 Å². The first-order valence-corrected chi connectivity index (χ1v) is 7.35. The Morgan fingerprint density at radius 3 is 2.76 bits per heavy atom.